The number of hydrogen-bond acceptors (Lipinski definition) is 2. The van der Waals surface area contributed by atoms with E-state index in [1.54, 1.807) is 0 Å². The predicted molar refractivity (Wildman–Crippen MR) is 69.1 cm³/mol. The van der Waals surface area contributed by atoms with Crippen molar-refractivity contribution in [1.29, 1.82) is 0 Å². The fourth-order valence-corrected chi connectivity index (χ4v) is 2.55. The lowest BCUT2D eigenvalue weighted by molar-refractivity contribution is 0.100. The lowest BCUT2D eigenvalue weighted by Gasteiger charge is -2.31. The topological polar surface area (TPSA) is 27.1 Å². The molecule has 2 rings (SSSR count). The average Bonchev–Trinajstić information content (AvgIpc) is 2.72. The summed E-state index contributed by atoms with van der Waals surface area (Å²) in [7, 11) is 0. The molecule has 1 aromatic heterocycles. The van der Waals surface area contributed by atoms with Gasteiger partial charge in [-0.05, 0) is 37.5 Å². The van der Waals surface area contributed by atoms with Crippen molar-refractivity contribution in [2.45, 2.75) is 59.1 Å². The number of rotatable bonds is 4. The number of nitrogens with zero attached hydrogens (tertiary/aromatic N) is 2. The first-order chi connectivity index (χ1) is 8.19. The van der Waals surface area contributed by atoms with E-state index < -0.39 is 0 Å². The van der Waals surface area contributed by atoms with E-state index in [2.05, 4.69) is 25.9 Å². The summed E-state index contributed by atoms with van der Waals surface area (Å²) in [5.41, 5.74) is 0. The van der Waals surface area contributed by atoms with E-state index in [0.29, 0.717) is 6.10 Å². The van der Waals surface area contributed by atoms with Gasteiger partial charge in [-0.15, -0.1) is 0 Å². The maximum Gasteiger partial charge on any atom is 0.157 e. The molecular weight excluding hydrogens is 212 g/mol. The first-order valence-corrected chi connectivity index (χ1v) is 6.88. The Kier molecular flexibility index (Phi) is 4.08. The van der Waals surface area contributed by atoms with Crippen molar-refractivity contribution in [3.63, 3.8) is 0 Å². The van der Waals surface area contributed by atoms with Gasteiger partial charge in [0.25, 0.3) is 0 Å². The van der Waals surface area contributed by atoms with Crippen LogP contribution in [0.4, 0.5) is 0 Å². The first-order valence-electron chi connectivity index (χ1n) is 6.88. The molecule has 17 heavy (non-hydrogen) atoms. The molecule has 3 unspecified atom stereocenters. The lowest BCUT2D eigenvalue weighted by Crippen LogP contribution is -2.28. The maximum absolute atomic E-state index is 6.02. The quantitative estimate of drug-likeness (QED) is 0.800. The van der Waals surface area contributed by atoms with Gasteiger partial charge in [-0.2, -0.15) is 5.10 Å². The van der Waals surface area contributed by atoms with Gasteiger partial charge in [0.05, 0.1) is 18.5 Å². The Hall–Kier alpha value is -0.990. The van der Waals surface area contributed by atoms with Crippen LogP contribution in [0.25, 0.3) is 0 Å². The maximum atomic E-state index is 6.02. The Bertz CT molecular complexity index is 348. The van der Waals surface area contributed by atoms with Gasteiger partial charge in [-0.3, -0.25) is 4.68 Å². The number of aromatic nitrogens is 2. The summed E-state index contributed by atoms with van der Waals surface area (Å²) in [5.74, 6) is 2.56. The summed E-state index contributed by atoms with van der Waals surface area (Å²) < 4.78 is 7.98. The Morgan fingerprint density at radius 1 is 1.35 bits per heavy atom. The van der Waals surface area contributed by atoms with E-state index in [1.165, 1.54) is 19.3 Å². The molecule has 3 nitrogen and oxygen atoms in total. The first kappa shape index (κ1) is 12.5. The Labute approximate surface area is 104 Å². The van der Waals surface area contributed by atoms with E-state index in [1.807, 2.05) is 17.1 Å². The van der Waals surface area contributed by atoms with Gasteiger partial charge in [0.15, 0.2) is 5.75 Å². The van der Waals surface area contributed by atoms with E-state index in [-0.39, 0.29) is 0 Å². The highest BCUT2D eigenvalue weighted by atomic mass is 16.5. The molecular formula is C14H24N2O. The molecule has 0 aromatic carbocycles. The highest BCUT2D eigenvalue weighted by Crippen LogP contribution is 2.31. The summed E-state index contributed by atoms with van der Waals surface area (Å²) in [6.45, 7) is 7.81. The molecule has 0 amide bonds. The van der Waals surface area contributed by atoms with Gasteiger partial charge >= 0.3 is 0 Å². The third-order valence-electron chi connectivity index (χ3n) is 3.92. The van der Waals surface area contributed by atoms with Crippen molar-refractivity contribution < 1.29 is 4.74 Å². The molecule has 0 radical (unpaired) electrons. The fourth-order valence-electron chi connectivity index (χ4n) is 2.55. The van der Waals surface area contributed by atoms with Crippen LogP contribution in [0.1, 0.15) is 46.5 Å². The largest absolute Gasteiger partial charge is 0.487 e. The van der Waals surface area contributed by atoms with Gasteiger partial charge in [0.1, 0.15) is 0 Å². The average molecular weight is 236 g/mol. The molecule has 1 aromatic rings. The molecule has 0 N–H and O–H groups in total. The summed E-state index contributed by atoms with van der Waals surface area (Å²) in [4.78, 5) is 0. The molecule has 1 aliphatic rings. The minimum absolute atomic E-state index is 0.389. The molecule has 1 aliphatic carbocycles. The Morgan fingerprint density at radius 3 is 2.88 bits per heavy atom. The normalized spacial score (nSPS) is 29.2. The molecule has 1 heterocycles. The molecule has 1 fully saturated rings. The fraction of sp³-hybridized carbons (Fsp3) is 0.786. The van der Waals surface area contributed by atoms with Crippen molar-refractivity contribution in [3.05, 3.63) is 12.4 Å². The van der Waals surface area contributed by atoms with E-state index in [9.17, 15) is 0 Å². The van der Waals surface area contributed by atoms with Crippen LogP contribution in [0.5, 0.6) is 5.75 Å². The Balaban J connectivity index is 1.87. The van der Waals surface area contributed by atoms with Crippen LogP contribution in [0.2, 0.25) is 0 Å². The van der Waals surface area contributed by atoms with E-state index in [0.717, 1.165) is 30.6 Å². The monoisotopic (exact) mass is 236 g/mol. The number of ether oxygens (including phenoxy) is 1. The molecule has 3 atom stereocenters. The number of aryl methyl sites for hydroxylation is 1. The van der Waals surface area contributed by atoms with Gasteiger partial charge in [-0.25, -0.2) is 0 Å². The van der Waals surface area contributed by atoms with Crippen LogP contribution >= 0.6 is 0 Å². The van der Waals surface area contributed by atoms with Crippen molar-refractivity contribution >= 4 is 0 Å². The van der Waals surface area contributed by atoms with E-state index >= 15 is 0 Å². The lowest BCUT2D eigenvalue weighted by atomic mass is 9.80. The van der Waals surface area contributed by atoms with Crippen molar-refractivity contribution in [3.8, 4) is 5.75 Å². The van der Waals surface area contributed by atoms with Crippen LogP contribution in [0.15, 0.2) is 12.4 Å². The van der Waals surface area contributed by atoms with Crippen LogP contribution in [-0.2, 0) is 6.54 Å². The second kappa shape index (κ2) is 5.56. The van der Waals surface area contributed by atoms with Crippen molar-refractivity contribution in [2.24, 2.45) is 11.8 Å². The minimum Gasteiger partial charge on any atom is -0.487 e. The van der Waals surface area contributed by atoms with E-state index in [4.69, 9.17) is 4.74 Å². The zero-order chi connectivity index (χ0) is 12.3. The Morgan fingerprint density at radius 2 is 2.18 bits per heavy atom. The standard InChI is InChI=1S/C14H24N2O/c1-4-7-16-10-14(9-15-16)17-13-6-5-11(2)12(3)8-13/h9-13H,4-8H2,1-3H3. The number of hydrogen-bond donors (Lipinski definition) is 0. The summed E-state index contributed by atoms with van der Waals surface area (Å²) in [6, 6.07) is 0. The predicted octanol–water partition coefficient (Wildman–Crippen LogP) is 3.50. The highest BCUT2D eigenvalue weighted by Gasteiger charge is 2.25. The molecule has 96 valence electrons. The smallest absolute Gasteiger partial charge is 0.157 e. The molecule has 0 aliphatic heterocycles. The minimum atomic E-state index is 0.389. The molecule has 1 saturated carbocycles. The van der Waals surface area contributed by atoms with Crippen molar-refractivity contribution in [1.82, 2.24) is 9.78 Å². The zero-order valence-electron chi connectivity index (χ0n) is 11.2. The third-order valence-corrected chi connectivity index (χ3v) is 3.92. The highest BCUT2D eigenvalue weighted by molar-refractivity contribution is 5.12. The van der Waals surface area contributed by atoms with Crippen LogP contribution in [0, 0.1) is 11.8 Å². The van der Waals surface area contributed by atoms with Gasteiger partial charge in [0.2, 0.25) is 0 Å². The van der Waals surface area contributed by atoms with Crippen LogP contribution in [-0.4, -0.2) is 15.9 Å². The zero-order valence-corrected chi connectivity index (χ0v) is 11.2. The summed E-state index contributed by atoms with van der Waals surface area (Å²) in [5, 5.41) is 4.30. The molecule has 0 bridgehead atoms. The third kappa shape index (κ3) is 3.24. The molecule has 0 spiro atoms. The second-order valence-corrected chi connectivity index (χ2v) is 5.45. The molecule has 0 saturated heterocycles. The van der Waals surface area contributed by atoms with Crippen LogP contribution in [0.3, 0.4) is 0 Å². The van der Waals surface area contributed by atoms with Gasteiger partial charge < -0.3 is 4.74 Å². The van der Waals surface area contributed by atoms with Gasteiger partial charge in [0, 0.05) is 6.54 Å². The van der Waals surface area contributed by atoms with Crippen molar-refractivity contribution in [2.75, 3.05) is 0 Å². The summed E-state index contributed by atoms with van der Waals surface area (Å²) in [6.07, 6.45) is 9.02. The molecule has 3 heteroatoms. The van der Waals surface area contributed by atoms with Gasteiger partial charge in [-0.1, -0.05) is 20.8 Å². The second-order valence-electron chi connectivity index (χ2n) is 5.45. The summed E-state index contributed by atoms with van der Waals surface area (Å²) >= 11 is 0. The SMILES string of the molecule is CCCn1cc(OC2CCC(C)C(C)C2)cn1. The van der Waals surface area contributed by atoms with Crippen LogP contribution < -0.4 is 4.74 Å².